The maximum absolute atomic E-state index is 13.3. The first kappa shape index (κ1) is 24.0. The lowest BCUT2D eigenvalue weighted by Crippen LogP contribution is -2.48. The van der Waals surface area contributed by atoms with E-state index in [1.54, 1.807) is 7.11 Å². The Morgan fingerprint density at radius 3 is 2.47 bits per heavy atom. The van der Waals surface area contributed by atoms with Crippen molar-refractivity contribution in [2.75, 3.05) is 40.1 Å². The van der Waals surface area contributed by atoms with Gasteiger partial charge in [0.15, 0.2) is 11.5 Å². The van der Waals surface area contributed by atoms with Crippen LogP contribution in [0.1, 0.15) is 32.6 Å². The molecule has 7 heteroatoms. The molecule has 2 aliphatic rings. The SMILES string of the molecule is COc1ccc(C(=O)N2CCN(Cc3ccc4c(c3)OCO4)CC2)cc1COc1ccc(C)c(C)c1. The van der Waals surface area contributed by atoms with Crippen LogP contribution in [0.5, 0.6) is 23.0 Å². The molecule has 0 atom stereocenters. The van der Waals surface area contributed by atoms with Crippen LogP contribution in [0.15, 0.2) is 54.6 Å². The van der Waals surface area contributed by atoms with E-state index >= 15 is 0 Å². The third kappa shape index (κ3) is 5.26. The van der Waals surface area contributed by atoms with Gasteiger partial charge >= 0.3 is 0 Å². The van der Waals surface area contributed by atoms with Crippen LogP contribution in [0.2, 0.25) is 0 Å². The fourth-order valence-electron chi connectivity index (χ4n) is 4.58. The maximum Gasteiger partial charge on any atom is 0.253 e. The van der Waals surface area contributed by atoms with E-state index in [1.165, 1.54) is 16.7 Å². The van der Waals surface area contributed by atoms with Crippen molar-refractivity contribution in [3.05, 3.63) is 82.4 Å². The Hall–Kier alpha value is -3.71. The number of carbonyl (C=O) groups excluding carboxylic acids is 1. The molecule has 0 spiro atoms. The molecule has 1 fully saturated rings. The average molecular weight is 489 g/mol. The number of aryl methyl sites for hydroxylation is 2. The third-order valence-electron chi connectivity index (χ3n) is 6.90. The largest absolute Gasteiger partial charge is 0.496 e. The number of methoxy groups -OCH3 is 1. The van der Waals surface area contributed by atoms with Crippen molar-refractivity contribution in [2.45, 2.75) is 27.0 Å². The fraction of sp³-hybridized carbons (Fsp3) is 0.345. The minimum Gasteiger partial charge on any atom is -0.496 e. The molecule has 0 N–H and O–H groups in total. The quantitative estimate of drug-likeness (QED) is 0.485. The number of piperazine rings is 1. The molecular formula is C29H32N2O5. The zero-order valence-corrected chi connectivity index (χ0v) is 21.1. The van der Waals surface area contributed by atoms with Gasteiger partial charge in [0, 0.05) is 43.9 Å². The summed E-state index contributed by atoms with van der Waals surface area (Å²) >= 11 is 0. The van der Waals surface area contributed by atoms with Gasteiger partial charge in [0.05, 0.1) is 7.11 Å². The highest BCUT2D eigenvalue weighted by Crippen LogP contribution is 2.33. The van der Waals surface area contributed by atoms with Gasteiger partial charge in [0.2, 0.25) is 6.79 Å². The Kier molecular flexibility index (Phi) is 7.00. The molecule has 36 heavy (non-hydrogen) atoms. The molecule has 5 rings (SSSR count). The Labute approximate surface area is 212 Å². The third-order valence-corrected chi connectivity index (χ3v) is 6.90. The molecular weight excluding hydrogens is 456 g/mol. The molecule has 2 heterocycles. The van der Waals surface area contributed by atoms with Gasteiger partial charge in [-0.15, -0.1) is 0 Å². The highest BCUT2D eigenvalue weighted by atomic mass is 16.7. The van der Waals surface area contributed by atoms with Crippen LogP contribution in [-0.4, -0.2) is 55.8 Å². The molecule has 0 saturated carbocycles. The van der Waals surface area contributed by atoms with Gasteiger partial charge in [-0.05, 0) is 73.0 Å². The number of fused-ring (bicyclic) bond motifs is 1. The molecule has 0 bridgehead atoms. The van der Waals surface area contributed by atoms with Gasteiger partial charge in [0.1, 0.15) is 18.1 Å². The highest BCUT2D eigenvalue weighted by Gasteiger charge is 2.24. The summed E-state index contributed by atoms with van der Waals surface area (Å²) in [5.74, 6) is 3.15. The number of nitrogens with zero attached hydrogens (tertiary/aromatic N) is 2. The Balaban J connectivity index is 1.20. The van der Waals surface area contributed by atoms with Crippen molar-refractivity contribution in [1.82, 2.24) is 9.80 Å². The van der Waals surface area contributed by atoms with Crippen molar-refractivity contribution in [2.24, 2.45) is 0 Å². The lowest BCUT2D eigenvalue weighted by molar-refractivity contribution is 0.0628. The van der Waals surface area contributed by atoms with E-state index in [0.717, 1.165) is 42.4 Å². The molecule has 0 aromatic heterocycles. The summed E-state index contributed by atoms with van der Waals surface area (Å²) in [4.78, 5) is 17.6. The summed E-state index contributed by atoms with van der Waals surface area (Å²) in [6, 6.07) is 17.7. The van der Waals surface area contributed by atoms with E-state index in [4.69, 9.17) is 18.9 Å². The Morgan fingerprint density at radius 1 is 0.889 bits per heavy atom. The molecule has 0 aliphatic carbocycles. The van der Waals surface area contributed by atoms with Crippen LogP contribution < -0.4 is 18.9 Å². The van der Waals surface area contributed by atoms with Crippen molar-refractivity contribution in [3.8, 4) is 23.0 Å². The second kappa shape index (κ2) is 10.5. The molecule has 2 aliphatic heterocycles. The van der Waals surface area contributed by atoms with Crippen molar-refractivity contribution >= 4 is 5.91 Å². The van der Waals surface area contributed by atoms with Gasteiger partial charge in [0.25, 0.3) is 5.91 Å². The highest BCUT2D eigenvalue weighted by molar-refractivity contribution is 5.94. The standard InChI is InChI=1S/C29H32N2O5/c1-20-4-7-25(14-21(20)2)34-18-24-16-23(6-9-26(24)33-3)29(32)31-12-10-30(11-13-31)17-22-5-8-27-28(15-22)36-19-35-27/h4-9,14-16H,10-13,17-19H2,1-3H3. The number of hydrogen-bond acceptors (Lipinski definition) is 6. The minimum atomic E-state index is 0.0350. The second-order valence-electron chi connectivity index (χ2n) is 9.32. The van der Waals surface area contributed by atoms with Crippen LogP contribution >= 0.6 is 0 Å². The Bertz CT molecular complexity index is 1250. The average Bonchev–Trinajstić information content (AvgIpc) is 3.37. The molecule has 3 aromatic carbocycles. The minimum absolute atomic E-state index is 0.0350. The van der Waals surface area contributed by atoms with Crippen LogP contribution in [0.3, 0.4) is 0 Å². The predicted octanol–water partition coefficient (Wildman–Crippen LogP) is 4.58. The summed E-state index contributed by atoms with van der Waals surface area (Å²) < 4.78 is 22.4. The lowest BCUT2D eigenvalue weighted by Gasteiger charge is -2.35. The smallest absolute Gasteiger partial charge is 0.253 e. The van der Waals surface area contributed by atoms with Crippen LogP contribution in [-0.2, 0) is 13.2 Å². The van der Waals surface area contributed by atoms with Gasteiger partial charge < -0.3 is 23.8 Å². The summed E-state index contributed by atoms with van der Waals surface area (Å²) in [6.07, 6.45) is 0. The first-order valence-corrected chi connectivity index (χ1v) is 12.3. The molecule has 0 unspecified atom stereocenters. The lowest BCUT2D eigenvalue weighted by atomic mass is 10.1. The molecule has 1 saturated heterocycles. The monoisotopic (exact) mass is 488 g/mol. The van der Waals surface area contributed by atoms with E-state index in [-0.39, 0.29) is 12.7 Å². The number of carbonyl (C=O) groups is 1. The van der Waals surface area contributed by atoms with Crippen molar-refractivity contribution in [1.29, 1.82) is 0 Å². The zero-order valence-electron chi connectivity index (χ0n) is 21.1. The number of benzene rings is 3. The van der Waals surface area contributed by atoms with Crippen LogP contribution in [0.25, 0.3) is 0 Å². The second-order valence-corrected chi connectivity index (χ2v) is 9.32. The topological polar surface area (TPSA) is 60.5 Å². The Morgan fingerprint density at radius 2 is 1.69 bits per heavy atom. The first-order chi connectivity index (χ1) is 17.5. The van der Waals surface area contributed by atoms with Crippen molar-refractivity contribution in [3.63, 3.8) is 0 Å². The summed E-state index contributed by atoms with van der Waals surface area (Å²) in [7, 11) is 1.63. The zero-order chi connectivity index (χ0) is 25.1. The van der Waals surface area contributed by atoms with Gasteiger partial charge in [-0.2, -0.15) is 0 Å². The van der Waals surface area contributed by atoms with Gasteiger partial charge in [-0.1, -0.05) is 12.1 Å². The van der Waals surface area contributed by atoms with E-state index in [9.17, 15) is 4.79 Å². The molecule has 188 valence electrons. The van der Waals surface area contributed by atoms with Crippen molar-refractivity contribution < 1.29 is 23.7 Å². The van der Waals surface area contributed by atoms with E-state index in [2.05, 4.69) is 24.8 Å². The van der Waals surface area contributed by atoms with E-state index < -0.39 is 0 Å². The molecule has 1 amide bonds. The normalized spacial score (nSPS) is 15.1. The number of hydrogen-bond donors (Lipinski definition) is 0. The molecule has 0 radical (unpaired) electrons. The van der Waals surface area contributed by atoms with Gasteiger partial charge in [-0.25, -0.2) is 0 Å². The summed E-state index contributed by atoms with van der Waals surface area (Å²) in [5, 5.41) is 0. The summed E-state index contributed by atoms with van der Waals surface area (Å²) in [5.41, 5.74) is 5.09. The number of amides is 1. The molecule has 7 nitrogen and oxygen atoms in total. The first-order valence-electron chi connectivity index (χ1n) is 12.3. The van der Waals surface area contributed by atoms with Crippen LogP contribution in [0.4, 0.5) is 0 Å². The van der Waals surface area contributed by atoms with E-state index in [0.29, 0.717) is 31.0 Å². The fourth-order valence-corrected chi connectivity index (χ4v) is 4.58. The number of ether oxygens (including phenoxy) is 4. The van der Waals surface area contributed by atoms with E-state index in [1.807, 2.05) is 53.4 Å². The maximum atomic E-state index is 13.3. The summed E-state index contributed by atoms with van der Waals surface area (Å²) in [6.45, 7) is 8.58. The molecule has 3 aromatic rings. The number of rotatable bonds is 7. The predicted molar refractivity (Wildman–Crippen MR) is 137 cm³/mol. The van der Waals surface area contributed by atoms with Gasteiger partial charge in [-0.3, -0.25) is 9.69 Å². The van der Waals surface area contributed by atoms with Crippen LogP contribution in [0, 0.1) is 13.8 Å².